The van der Waals surface area contributed by atoms with Crippen LogP contribution >= 0.6 is 0 Å². The molecule has 2 unspecified atom stereocenters. The number of nitrogens with zero attached hydrogens (tertiary/aromatic N) is 2. The number of amides is 1. The molecular weight excluding hydrogens is 266 g/mol. The van der Waals surface area contributed by atoms with E-state index >= 15 is 0 Å². The lowest BCUT2D eigenvalue weighted by Crippen LogP contribution is -2.45. The van der Waals surface area contributed by atoms with E-state index in [1.165, 1.54) is 12.8 Å². The smallest absolute Gasteiger partial charge is 0.270 e. The molecule has 2 saturated carbocycles. The molecule has 0 radical (unpaired) electrons. The molecule has 5 nitrogen and oxygen atoms in total. The van der Waals surface area contributed by atoms with Gasteiger partial charge in [-0.05, 0) is 31.7 Å². The average Bonchev–Trinajstić information content (AvgIpc) is 3.04. The summed E-state index contributed by atoms with van der Waals surface area (Å²) < 4.78 is 0. The summed E-state index contributed by atoms with van der Waals surface area (Å²) in [7, 11) is 0. The molecule has 1 aromatic heterocycles. The molecule has 1 heterocycles. The summed E-state index contributed by atoms with van der Waals surface area (Å²) in [4.78, 5) is 21.1. The molecule has 0 aromatic carbocycles. The van der Waals surface area contributed by atoms with Gasteiger partial charge in [-0.2, -0.15) is 0 Å². The van der Waals surface area contributed by atoms with E-state index in [2.05, 4.69) is 15.3 Å². The van der Waals surface area contributed by atoms with Gasteiger partial charge >= 0.3 is 0 Å². The summed E-state index contributed by atoms with van der Waals surface area (Å²) in [5, 5.41) is 12.9. The van der Waals surface area contributed by atoms with Gasteiger partial charge in [-0.15, -0.1) is 0 Å². The lowest BCUT2D eigenvalue weighted by atomic mass is 9.92. The molecule has 0 saturated heterocycles. The first-order chi connectivity index (χ1) is 10.2. The Morgan fingerprint density at radius 2 is 1.86 bits per heavy atom. The third-order valence-electron chi connectivity index (χ3n) is 4.67. The van der Waals surface area contributed by atoms with Crippen molar-refractivity contribution in [3.05, 3.63) is 23.8 Å². The number of carbonyl (C=O) groups excluding carboxylic acids is 1. The number of rotatable bonds is 3. The third kappa shape index (κ3) is 3.40. The highest BCUT2D eigenvalue weighted by Crippen LogP contribution is 2.31. The molecule has 21 heavy (non-hydrogen) atoms. The number of aliphatic hydroxyl groups is 1. The fourth-order valence-corrected chi connectivity index (χ4v) is 3.40. The summed E-state index contributed by atoms with van der Waals surface area (Å²) in [5.74, 6) is 1.00. The Balaban J connectivity index is 1.67. The molecule has 1 amide bonds. The second-order valence-corrected chi connectivity index (χ2v) is 6.21. The van der Waals surface area contributed by atoms with Crippen molar-refractivity contribution in [2.45, 2.75) is 69.4 Å². The topological polar surface area (TPSA) is 75.1 Å². The number of aromatic nitrogens is 2. The molecule has 114 valence electrons. The summed E-state index contributed by atoms with van der Waals surface area (Å²) >= 11 is 0. The van der Waals surface area contributed by atoms with E-state index in [-0.39, 0.29) is 11.9 Å². The summed E-state index contributed by atoms with van der Waals surface area (Å²) in [6.07, 6.45) is 9.61. The van der Waals surface area contributed by atoms with Gasteiger partial charge in [-0.1, -0.05) is 25.7 Å². The van der Waals surface area contributed by atoms with Crippen molar-refractivity contribution in [2.75, 3.05) is 0 Å². The Morgan fingerprint density at radius 1 is 1.14 bits per heavy atom. The molecular formula is C16H23N3O2. The molecule has 1 aromatic rings. The zero-order chi connectivity index (χ0) is 14.7. The van der Waals surface area contributed by atoms with Crippen LogP contribution in [0.3, 0.4) is 0 Å². The van der Waals surface area contributed by atoms with Crippen molar-refractivity contribution in [2.24, 2.45) is 0 Å². The number of hydrogen-bond acceptors (Lipinski definition) is 4. The van der Waals surface area contributed by atoms with Crippen LogP contribution in [0.2, 0.25) is 0 Å². The lowest BCUT2D eigenvalue weighted by molar-refractivity contribution is 0.0713. The lowest BCUT2D eigenvalue weighted by Gasteiger charge is -2.28. The largest absolute Gasteiger partial charge is 0.391 e. The maximum atomic E-state index is 12.3. The molecule has 2 aliphatic rings. The van der Waals surface area contributed by atoms with Crippen LogP contribution in [0.1, 0.15) is 73.6 Å². The van der Waals surface area contributed by atoms with Crippen molar-refractivity contribution in [1.82, 2.24) is 15.3 Å². The van der Waals surface area contributed by atoms with Crippen molar-refractivity contribution >= 4 is 5.91 Å². The molecule has 2 fully saturated rings. The van der Waals surface area contributed by atoms with E-state index in [1.54, 1.807) is 12.3 Å². The molecule has 2 atom stereocenters. The van der Waals surface area contributed by atoms with Crippen LogP contribution in [-0.2, 0) is 0 Å². The Bertz CT molecular complexity index is 500. The first kappa shape index (κ1) is 14.4. The summed E-state index contributed by atoms with van der Waals surface area (Å²) in [5.41, 5.74) is 0.421. The fourth-order valence-electron chi connectivity index (χ4n) is 3.40. The van der Waals surface area contributed by atoms with Gasteiger partial charge in [0, 0.05) is 12.1 Å². The minimum absolute atomic E-state index is 0.142. The van der Waals surface area contributed by atoms with E-state index in [0.29, 0.717) is 11.6 Å². The molecule has 2 aliphatic carbocycles. The summed E-state index contributed by atoms with van der Waals surface area (Å²) in [6, 6.07) is 1.51. The maximum absolute atomic E-state index is 12.3. The highest BCUT2D eigenvalue weighted by atomic mass is 16.3. The second-order valence-electron chi connectivity index (χ2n) is 6.21. The molecule has 2 N–H and O–H groups in total. The minimum atomic E-state index is -0.432. The first-order valence-electron chi connectivity index (χ1n) is 8.06. The standard InChI is InChI=1S/C16H23N3O2/c20-14-8-4-3-7-12(14)19-16(21)13-9-10-17-15(18-13)11-5-1-2-6-11/h9-12,14,20H,1-8H2,(H,19,21). The van der Waals surface area contributed by atoms with E-state index in [1.807, 2.05) is 0 Å². The van der Waals surface area contributed by atoms with E-state index < -0.39 is 6.10 Å². The monoisotopic (exact) mass is 289 g/mol. The average molecular weight is 289 g/mol. The van der Waals surface area contributed by atoms with Gasteiger partial charge in [0.15, 0.2) is 0 Å². The van der Waals surface area contributed by atoms with Gasteiger partial charge in [-0.25, -0.2) is 9.97 Å². The van der Waals surface area contributed by atoms with E-state index in [9.17, 15) is 9.90 Å². The molecule has 5 heteroatoms. The van der Waals surface area contributed by atoms with Crippen LogP contribution in [0, 0.1) is 0 Å². The Labute approximate surface area is 125 Å². The zero-order valence-electron chi connectivity index (χ0n) is 12.3. The van der Waals surface area contributed by atoms with E-state index in [0.717, 1.165) is 44.3 Å². The predicted octanol–water partition coefficient (Wildman–Crippen LogP) is 2.17. The normalized spacial score (nSPS) is 26.7. The maximum Gasteiger partial charge on any atom is 0.270 e. The van der Waals surface area contributed by atoms with Crippen molar-refractivity contribution in [3.63, 3.8) is 0 Å². The second kappa shape index (κ2) is 6.52. The van der Waals surface area contributed by atoms with Crippen LogP contribution < -0.4 is 5.32 Å². The highest BCUT2D eigenvalue weighted by Gasteiger charge is 2.26. The molecule has 3 rings (SSSR count). The van der Waals surface area contributed by atoms with Crippen LogP contribution in [-0.4, -0.2) is 33.1 Å². The number of aliphatic hydroxyl groups excluding tert-OH is 1. The van der Waals surface area contributed by atoms with Crippen LogP contribution in [0.5, 0.6) is 0 Å². The summed E-state index contributed by atoms with van der Waals surface area (Å²) in [6.45, 7) is 0. The van der Waals surface area contributed by atoms with Crippen molar-refractivity contribution < 1.29 is 9.90 Å². The van der Waals surface area contributed by atoms with Crippen LogP contribution in [0.15, 0.2) is 12.3 Å². The van der Waals surface area contributed by atoms with Gasteiger partial charge in [0.1, 0.15) is 11.5 Å². The Morgan fingerprint density at radius 3 is 2.62 bits per heavy atom. The SMILES string of the molecule is O=C(NC1CCCCC1O)c1ccnc(C2CCCC2)n1. The molecule has 0 spiro atoms. The van der Waals surface area contributed by atoms with E-state index in [4.69, 9.17) is 0 Å². The Hall–Kier alpha value is -1.49. The van der Waals surface area contributed by atoms with Gasteiger partial charge in [0.25, 0.3) is 5.91 Å². The molecule has 0 aliphatic heterocycles. The van der Waals surface area contributed by atoms with Gasteiger partial charge < -0.3 is 10.4 Å². The number of nitrogens with one attached hydrogen (secondary N) is 1. The minimum Gasteiger partial charge on any atom is -0.391 e. The number of hydrogen-bond donors (Lipinski definition) is 2. The quantitative estimate of drug-likeness (QED) is 0.894. The Kier molecular flexibility index (Phi) is 4.48. The van der Waals surface area contributed by atoms with Crippen molar-refractivity contribution in [1.29, 1.82) is 0 Å². The van der Waals surface area contributed by atoms with Gasteiger partial charge in [0.05, 0.1) is 12.1 Å². The van der Waals surface area contributed by atoms with Gasteiger partial charge in [0.2, 0.25) is 0 Å². The zero-order valence-corrected chi connectivity index (χ0v) is 12.3. The predicted molar refractivity (Wildman–Crippen MR) is 79.0 cm³/mol. The van der Waals surface area contributed by atoms with Gasteiger partial charge in [-0.3, -0.25) is 4.79 Å². The third-order valence-corrected chi connectivity index (χ3v) is 4.67. The highest BCUT2D eigenvalue weighted by molar-refractivity contribution is 5.92. The van der Waals surface area contributed by atoms with Crippen LogP contribution in [0.25, 0.3) is 0 Å². The molecule has 0 bridgehead atoms. The number of carbonyl (C=O) groups is 1. The fraction of sp³-hybridized carbons (Fsp3) is 0.688. The van der Waals surface area contributed by atoms with Crippen molar-refractivity contribution in [3.8, 4) is 0 Å². The first-order valence-corrected chi connectivity index (χ1v) is 8.06. The van der Waals surface area contributed by atoms with Crippen LogP contribution in [0.4, 0.5) is 0 Å².